The summed E-state index contributed by atoms with van der Waals surface area (Å²) in [6, 6.07) is 7.98. The molecule has 13 heavy (non-hydrogen) atoms. The highest BCUT2D eigenvalue weighted by molar-refractivity contribution is 5.61. The van der Waals surface area contributed by atoms with Crippen LogP contribution >= 0.6 is 0 Å². The van der Waals surface area contributed by atoms with Crippen molar-refractivity contribution in [1.82, 2.24) is 9.97 Å². The summed E-state index contributed by atoms with van der Waals surface area (Å²) in [4.78, 5) is 7.20. The summed E-state index contributed by atoms with van der Waals surface area (Å²) in [7, 11) is 0. The topological polar surface area (TPSA) is 28.7 Å². The van der Waals surface area contributed by atoms with E-state index in [2.05, 4.69) is 16.5 Å². The van der Waals surface area contributed by atoms with Gasteiger partial charge in [0.05, 0.1) is 0 Å². The Bertz CT molecular complexity index is 401. The molecule has 0 fully saturated rings. The number of H-pyrrole nitrogens is 1. The van der Waals surface area contributed by atoms with E-state index in [1.807, 2.05) is 24.3 Å². The molecule has 0 unspecified atom stereocenters. The normalized spacial score (nSPS) is 9.85. The van der Waals surface area contributed by atoms with Gasteiger partial charge in [0.2, 0.25) is 0 Å². The molecular weight excluding hydrogens is 160 g/mol. The summed E-state index contributed by atoms with van der Waals surface area (Å²) in [5.41, 5.74) is 3.27. The number of hydrogen-bond donors (Lipinski definition) is 1. The van der Waals surface area contributed by atoms with Crippen LogP contribution in [-0.2, 0) is 0 Å². The molecule has 0 saturated heterocycles. The first-order valence-corrected chi connectivity index (χ1v) is 4.12. The van der Waals surface area contributed by atoms with Gasteiger partial charge in [-0.1, -0.05) is 6.58 Å². The second-order valence-corrected chi connectivity index (χ2v) is 2.77. The number of nitrogens with zero attached hydrogens (tertiary/aromatic N) is 1. The summed E-state index contributed by atoms with van der Waals surface area (Å²) in [6.07, 6.45) is 5.36. The van der Waals surface area contributed by atoms with Crippen LogP contribution in [0.1, 0.15) is 5.69 Å². The van der Waals surface area contributed by atoms with E-state index in [9.17, 15) is 0 Å². The lowest BCUT2D eigenvalue weighted by Gasteiger charge is -1.95. The number of rotatable bonds is 2. The number of aromatic nitrogens is 2. The van der Waals surface area contributed by atoms with E-state index in [1.165, 1.54) is 0 Å². The highest BCUT2D eigenvalue weighted by Gasteiger charge is 1.97. The van der Waals surface area contributed by atoms with Crippen LogP contribution < -0.4 is 0 Å². The summed E-state index contributed by atoms with van der Waals surface area (Å²) in [5.74, 6) is 0. The standard InChI is InChI=1S/C11H10N2/c1-2-10-3-4-11(13-10)9-5-7-12-8-6-9/h2-8,13H,1H2. The molecule has 0 aromatic carbocycles. The van der Waals surface area contributed by atoms with Crippen LogP contribution in [-0.4, -0.2) is 9.97 Å². The zero-order valence-electron chi connectivity index (χ0n) is 7.20. The SMILES string of the molecule is C=Cc1ccc(-c2ccncc2)[nH]1. The summed E-state index contributed by atoms with van der Waals surface area (Å²) in [6.45, 7) is 3.69. The lowest BCUT2D eigenvalue weighted by atomic mass is 10.2. The molecule has 64 valence electrons. The molecule has 0 spiro atoms. The van der Waals surface area contributed by atoms with Gasteiger partial charge in [0.25, 0.3) is 0 Å². The molecule has 0 aliphatic carbocycles. The number of aromatic amines is 1. The molecule has 2 rings (SSSR count). The van der Waals surface area contributed by atoms with Gasteiger partial charge < -0.3 is 4.98 Å². The quantitative estimate of drug-likeness (QED) is 0.737. The number of hydrogen-bond acceptors (Lipinski definition) is 1. The summed E-state index contributed by atoms with van der Waals surface area (Å²) < 4.78 is 0. The van der Waals surface area contributed by atoms with Gasteiger partial charge in [-0.05, 0) is 30.3 Å². The van der Waals surface area contributed by atoms with Crippen molar-refractivity contribution in [3.05, 3.63) is 48.9 Å². The smallest absolute Gasteiger partial charge is 0.0459 e. The van der Waals surface area contributed by atoms with E-state index in [0.29, 0.717) is 0 Å². The Labute approximate surface area is 77.0 Å². The predicted molar refractivity (Wildman–Crippen MR) is 54.1 cm³/mol. The molecule has 1 N–H and O–H groups in total. The van der Waals surface area contributed by atoms with Gasteiger partial charge in [0.15, 0.2) is 0 Å². The largest absolute Gasteiger partial charge is 0.355 e. The van der Waals surface area contributed by atoms with Gasteiger partial charge in [-0.25, -0.2) is 0 Å². The van der Waals surface area contributed by atoms with Gasteiger partial charge in [0, 0.05) is 29.3 Å². The summed E-state index contributed by atoms with van der Waals surface area (Å²) in [5, 5.41) is 0. The molecule has 0 bridgehead atoms. The van der Waals surface area contributed by atoms with E-state index in [4.69, 9.17) is 0 Å². The molecule has 0 aliphatic rings. The van der Waals surface area contributed by atoms with Crippen LogP contribution in [0.5, 0.6) is 0 Å². The van der Waals surface area contributed by atoms with Gasteiger partial charge in [-0.2, -0.15) is 0 Å². The fraction of sp³-hybridized carbons (Fsp3) is 0. The minimum Gasteiger partial charge on any atom is -0.355 e. The highest BCUT2D eigenvalue weighted by atomic mass is 14.7. The Balaban J connectivity index is 2.41. The minimum absolute atomic E-state index is 1.03. The maximum atomic E-state index is 3.96. The first-order valence-electron chi connectivity index (χ1n) is 4.12. The zero-order chi connectivity index (χ0) is 9.10. The Morgan fingerprint density at radius 3 is 2.54 bits per heavy atom. The molecule has 2 heterocycles. The summed E-state index contributed by atoms with van der Waals surface area (Å²) >= 11 is 0. The molecule has 0 atom stereocenters. The molecule has 0 saturated carbocycles. The van der Waals surface area contributed by atoms with Crippen LogP contribution in [0.3, 0.4) is 0 Å². The number of nitrogens with one attached hydrogen (secondary N) is 1. The zero-order valence-corrected chi connectivity index (χ0v) is 7.20. The first kappa shape index (κ1) is 7.80. The Morgan fingerprint density at radius 1 is 1.15 bits per heavy atom. The van der Waals surface area contributed by atoms with Crippen molar-refractivity contribution in [3.63, 3.8) is 0 Å². The van der Waals surface area contributed by atoms with Gasteiger partial charge in [0.1, 0.15) is 0 Å². The lowest BCUT2D eigenvalue weighted by Crippen LogP contribution is -1.77. The fourth-order valence-electron chi connectivity index (χ4n) is 1.23. The van der Waals surface area contributed by atoms with Crippen LogP contribution in [0.15, 0.2) is 43.2 Å². The molecule has 2 aromatic heterocycles. The monoisotopic (exact) mass is 170 g/mol. The molecule has 2 aromatic rings. The first-order chi connectivity index (χ1) is 6.40. The van der Waals surface area contributed by atoms with E-state index in [0.717, 1.165) is 17.0 Å². The van der Waals surface area contributed by atoms with E-state index in [-0.39, 0.29) is 0 Å². The highest BCUT2D eigenvalue weighted by Crippen LogP contribution is 2.17. The molecule has 2 heteroatoms. The van der Waals surface area contributed by atoms with Crippen LogP contribution in [0.4, 0.5) is 0 Å². The van der Waals surface area contributed by atoms with Crippen molar-refractivity contribution in [2.24, 2.45) is 0 Å². The Hall–Kier alpha value is -1.83. The van der Waals surface area contributed by atoms with E-state index >= 15 is 0 Å². The third-order valence-corrected chi connectivity index (χ3v) is 1.92. The molecule has 0 amide bonds. The van der Waals surface area contributed by atoms with E-state index < -0.39 is 0 Å². The second-order valence-electron chi connectivity index (χ2n) is 2.77. The van der Waals surface area contributed by atoms with Crippen molar-refractivity contribution in [2.75, 3.05) is 0 Å². The van der Waals surface area contributed by atoms with Crippen molar-refractivity contribution >= 4 is 6.08 Å². The second kappa shape index (κ2) is 3.27. The molecular formula is C11H10N2. The van der Waals surface area contributed by atoms with Crippen molar-refractivity contribution < 1.29 is 0 Å². The maximum absolute atomic E-state index is 3.96. The average Bonchev–Trinajstić information content (AvgIpc) is 2.67. The number of pyridine rings is 1. The van der Waals surface area contributed by atoms with Crippen LogP contribution in [0.2, 0.25) is 0 Å². The predicted octanol–water partition coefficient (Wildman–Crippen LogP) is 2.72. The van der Waals surface area contributed by atoms with Crippen molar-refractivity contribution in [1.29, 1.82) is 0 Å². The maximum Gasteiger partial charge on any atom is 0.0459 e. The van der Waals surface area contributed by atoms with E-state index in [1.54, 1.807) is 18.5 Å². The molecule has 2 nitrogen and oxygen atoms in total. The lowest BCUT2D eigenvalue weighted by molar-refractivity contribution is 1.31. The molecule has 0 radical (unpaired) electrons. The minimum atomic E-state index is 1.03. The average molecular weight is 170 g/mol. The van der Waals surface area contributed by atoms with Crippen molar-refractivity contribution in [3.8, 4) is 11.3 Å². The Kier molecular flexibility index (Phi) is 1.96. The van der Waals surface area contributed by atoms with Gasteiger partial charge >= 0.3 is 0 Å². The fourth-order valence-corrected chi connectivity index (χ4v) is 1.23. The third kappa shape index (κ3) is 1.51. The van der Waals surface area contributed by atoms with Crippen molar-refractivity contribution in [2.45, 2.75) is 0 Å². The van der Waals surface area contributed by atoms with Crippen LogP contribution in [0, 0.1) is 0 Å². The molecule has 0 aliphatic heterocycles. The van der Waals surface area contributed by atoms with Gasteiger partial charge in [-0.15, -0.1) is 0 Å². The van der Waals surface area contributed by atoms with Crippen LogP contribution in [0.25, 0.3) is 17.3 Å². The Morgan fingerprint density at radius 2 is 1.92 bits per heavy atom. The third-order valence-electron chi connectivity index (χ3n) is 1.92. The van der Waals surface area contributed by atoms with Gasteiger partial charge in [-0.3, -0.25) is 4.98 Å².